The van der Waals surface area contributed by atoms with Crippen LogP contribution in [-0.2, 0) is 4.74 Å². The first-order chi connectivity index (χ1) is 16.0. The number of aryl methyl sites for hydroxylation is 1. The first-order valence-electron chi connectivity index (χ1n) is 11.3. The third-order valence-corrected chi connectivity index (χ3v) is 6.50. The number of imidazole rings is 1. The molecule has 2 aromatic heterocycles. The van der Waals surface area contributed by atoms with Gasteiger partial charge in [-0.05, 0) is 31.9 Å². The Hall–Kier alpha value is -3.08. The second-order valence-electron chi connectivity index (χ2n) is 8.78. The molecule has 1 aromatic carbocycles. The highest BCUT2D eigenvalue weighted by atomic mass is 16.5. The second-order valence-corrected chi connectivity index (χ2v) is 8.78. The van der Waals surface area contributed by atoms with Crippen LogP contribution in [0, 0.1) is 6.92 Å². The molecule has 1 amide bonds. The highest BCUT2D eigenvalue weighted by Crippen LogP contribution is 2.33. The van der Waals surface area contributed by atoms with Gasteiger partial charge in [0.25, 0.3) is 5.91 Å². The predicted molar refractivity (Wildman–Crippen MR) is 121 cm³/mol. The number of aliphatic hydroxyl groups is 2. The van der Waals surface area contributed by atoms with Crippen molar-refractivity contribution in [3.63, 3.8) is 0 Å². The quantitative estimate of drug-likeness (QED) is 0.442. The van der Waals surface area contributed by atoms with Gasteiger partial charge >= 0.3 is 0 Å². The lowest BCUT2D eigenvalue weighted by Gasteiger charge is -2.21. The summed E-state index contributed by atoms with van der Waals surface area (Å²) in [7, 11) is 0. The Labute approximate surface area is 191 Å². The van der Waals surface area contributed by atoms with Crippen molar-refractivity contribution in [2.75, 3.05) is 11.9 Å². The summed E-state index contributed by atoms with van der Waals surface area (Å²) in [6, 6.07) is 6.69. The summed E-state index contributed by atoms with van der Waals surface area (Å²) in [6.45, 7) is 1.58. The summed E-state index contributed by atoms with van der Waals surface area (Å²) in [6.07, 6.45) is 4.82. The predicted octanol–water partition coefficient (Wildman–Crippen LogP) is 1.54. The van der Waals surface area contributed by atoms with E-state index in [0.717, 1.165) is 18.4 Å². The smallest absolute Gasteiger partial charge is 0.251 e. The zero-order chi connectivity index (χ0) is 22.9. The van der Waals surface area contributed by atoms with Crippen molar-refractivity contribution >= 4 is 22.9 Å². The van der Waals surface area contributed by atoms with Crippen molar-refractivity contribution in [2.45, 2.75) is 63.1 Å². The molecule has 5 rings (SSSR count). The highest BCUT2D eigenvalue weighted by molar-refractivity contribution is 5.94. The van der Waals surface area contributed by atoms with Crippen LogP contribution in [0.25, 0.3) is 11.2 Å². The van der Waals surface area contributed by atoms with Gasteiger partial charge in [-0.15, -0.1) is 0 Å². The van der Waals surface area contributed by atoms with Gasteiger partial charge in [0, 0.05) is 11.6 Å². The van der Waals surface area contributed by atoms with Gasteiger partial charge in [0.05, 0.1) is 19.0 Å². The van der Waals surface area contributed by atoms with Crippen molar-refractivity contribution in [1.29, 1.82) is 0 Å². The summed E-state index contributed by atoms with van der Waals surface area (Å²) in [5.74, 6) is 0.309. The Morgan fingerprint density at radius 1 is 1.18 bits per heavy atom. The lowest BCUT2D eigenvalue weighted by molar-refractivity contribution is -0.0489. The van der Waals surface area contributed by atoms with E-state index in [2.05, 4.69) is 25.6 Å². The summed E-state index contributed by atoms with van der Waals surface area (Å²) in [5, 5.41) is 27.2. The van der Waals surface area contributed by atoms with Gasteiger partial charge in [0.1, 0.15) is 18.5 Å². The number of rotatable bonds is 6. The fraction of sp³-hybridized carbons (Fsp3) is 0.478. The van der Waals surface area contributed by atoms with Crippen molar-refractivity contribution in [2.24, 2.45) is 0 Å². The molecule has 1 saturated carbocycles. The molecular formula is C23H28N6O4. The maximum Gasteiger partial charge on any atom is 0.251 e. The van der Waals surface area contributed by atoms with Gasteiger partial charge < -0.3 is 25.6 Å². The molecule has 4 atom stereocenters. The monoisotopic (exact) mass is 452 g/mol. The Balaban J connectivity index is 1.38. The maximum absolute atomic E-state index is 12.7. The van der Waals surface area contributed by atoms with Crippen LogP contribution in [0.15, 0.2) is 36.9 Å². The third kappa shape index (κ3) is 4.17. The van der Waals surface area contributed by atoms with E-state index < -0.39 is 24.5 Å². The van der Waals surface area contributed by atoms with Gasteiger partial charge in [-0.2, -0.15) is 0 Å². The second kappa shape index (κ2) is 9.05. The third-order valence-electron chi connectivity index (χ3n) is 6.50. The van der Waals surface area contributed by atoms with Crippen LogP contribution in [-0.4, -0.2) is 66.5 Å². The van der Waals surface area contributed by atoms with E-state index in [9.17, 15) is 15.0 Å². The number of aromatic nitrogens is 4. The van der Waals surface area contributed by atoms with E-state index in [1.165, 1.54) is 19.2 Å². The highest BCUT2D eigenvalue weighted by Gasteiger charge is 2.45. The average molecular weight is 453 g/mol. The zero-order valence-electron chi connectivity index (χ0n) is 18.4. The van der Waals surface area contributed by atoms with Gasteiger partial charge in [-0.25, -0.2) is 15.0 Å². The number of nitrogens with zero attached hydrogens (tertiary/aromatic N) is 4. The number of nitrogens with one attached hydrogen (secondary N) is 2. The summed E-state index contributed by atoms with van der Waals surface area (Å²) in [4.78, 5) is 25.9. The molecule has 10 heteroatoms. The van der Waals surface area contributed by atoms with Crippen molar-refractivity contribution in [1.82, 2.24) is 24.8 Å². The van der Waals surface area contributed by atoms with Crippen LogP contribution in [0.1, 0.15) is 47.8 Å². The summed E-state index contributed by atoms with van der Waals surface area (Å²) >= 11 is 0. The number of hydrogen-bond acceptors (Lipinski definition) is 8. The maximum atomic E-state index is 12.7. The van der Waals surface area contributed by atoms with Crippen LogP contribution in [0.4, 0.5) is 5.82 Å². The topological polar surface area (TPSA) is 134 Å². The van der Waals surface area contributed by atoms with Gasteiger partial charge in [-0.1, -0.05) is 30.5 Å². The normalized spacial score (nSPS) is 25.5. The van der Waals surface area contributed by atoms with Gasteiger partial charge in [-0.3, -0.25) is 9.36 Å². The Bertz CT molecular complexity index is 1130. The van der Waals surface area contributed by atoms with Crippen LogP contribution in [0.2, 0.25) is 0 Å². The fourth-order valence-electron chi connectivity index (χ4n) is 4.65. The largest absolute Gasteiger partial charge is 0.394 e. The van der Waals surface area contributed by atoms with E-state index in [4.69, 9.17) is 4.74 Å². The van der Waals surface area contributed by atoms with Crippen molar-refractivity contribution < 1.29 is 19.7 Å². The molecule has 33 heavy (non-hydrogen) atoms. The Morgan fingerprint density at radius 3 is 2.67 bits per heavy atom. The molecule has 3 aromatic rings. The zero-order valence-corrected chi connectivity index (χ0v) is 18.4. The van der Waals surface area contributed by atoms with Crippen molar-refractivity contribution in [3.8, 4) is 0 Å². The molecule has 2 aliphatic rings. The average Bonchev–Trinajstić information content (AvgIpc) is 3.55. The van der Waals surface area contributed by atoms with Crippen LogP contribution < -0.4 is 10.6 Å². The molecule has 4 N–H and O–H groups in total. The number of anilines is 1. The number of ether oxygens (including phenoxy) is 1. The van der Waals surface area contributed by atoms with E-state index in [0.29, 0.717) is 28.6 Å². The molecule has 2 fully saturated rings. The number of fused-ring (bicyclic) bond motifs is 1. The van der Waals surface area contributed by atoms with E-state index in [-0.39, 0.29) is 12.5 Å². The number of benzene rings is 1. The molecule has 0 spiro atoms. The van der Waals surface area contributed by atoms with Crippen LogP contribution in [0.5, 0.6) is 0 Å². The molecule has 3 heterocycles. The Morgan fingerprint density at radius 2 is 1.94 bits per heavy atom. The summed E-state index contributed by atoms with van der Waals surface area (Å²) in [5.41, 5.74) is 2.61. The lowest BCUT2D eigenvalue weighted by Crippen LogP contribution is -2.48. The number of aliphatic hydroxyl groups excluding tert-OH is 2. The molecule has 1 aliphatic carbocycles. The number of carbonyl (C=O) groups excluding carboxylic acids is 1. The number of carbonyl (C=O) groups is 1. The molecule has 174 valence electrons. The Kier molecular flexibility index (Phi) is 5.96. The summed E-state index contributed by atoms with van der Waals surface area (Å²) < 4.78 is 7.57. The molecular weight excluding hydrogens is 424 g/mol. The molecule has 1 aliphatic heterocycles. The van der Waals surface area contributed by atoms with Crippen LogP contribution in [0.3, 0.4) is 0 Å². The van der Waals surface area contributed by atoms with Gasteiger partial charge in [0.15, 0.2) is 23.2 Å². The number of amides is 1. The standard InChI is InChI=1S/C23H28N6O4/c1-13-6-8-14(9-7-13)22(32)28-17-16(10-30)33-23(19(17)31)29-12-26-18-20(24-11-25-21(18)29)27-15-4-2-3-5-15/h6-9,11-12,15-17,19,23,30-31H,2-5,10H2,1H3,(H,28,32)(H,24,25,27). The SMILES string of the molecule is Cc1ccc(C(=O)NC2C(CO)OC(n3cnc4c(NC5CCCC5)ncnc43)C2O)cc1. The minimum absolute atomic E-state index is 0.345. The molecule has 10 nitrogen and oxygen atoms in total. The molecule has 1 saturated heterocycles. The van der Waals surface area contributed by atoms with Crippen molar-refractivity contribution in [3.05, 3.63) is 48.0 Å². The van der Waals surface area contributed by atoms with Crippen LogP contribution >= 0.6 is 0 Å². The molecule has 0 bridgehead atoms. The molecule has 4 unspecified atom stereocenters. The lowest BCUT2D eigenvalue weighted by atomic mass is 10.1. The minimum atomic E-state index is -1.12. The first kappa shape index (κ1) is 21.7. The first-order valence-corrected chi connectivity index (χ1v) is 11.3. The number of hydrogen-bond donors (Lipinski definition) is 4. The fourth-order valence-corrected chi connectivity index (χ4v) is 4.65. The van der Waals surface area contributed by atoms with E-state index >= 15 is 0 Å². The molecule has 0 radical (unpaired) electrons. The minimum Gasteiger partial charge on any atom is -0.394 e. The van der Waals surface area contributed by atoms with Gasteiger partial charge in [0.2, 0.25) is 0 Å². The van der Waals surface area contributed by atoms with E-state index in [1.807, 2.05) is 19.1 Å². The van der Waals surface area contributed by atoms with E-state index in [1.54, 1.807) is 23.0 Å².